The van der Waals surface area contributed by atoms with Gasteiger partial charge in [-0.05, 0) is 36.4 Å². The first-order valence-corrected chi connectivity index (χ1v) is 7.98. The van der Waals surface area contributed by atoms with Crippen LogP contribution in [0, 0.1) is 0 Å². The second kappa shape index (κ2) is 6.61. The normalized spacial score (nSPS) is 12.2. The minimum absolute atomic E-state index is 0.656. The molecule has 0 spiro atoms. The van der Waals surface area contributed by atoms with Crippen LogP contribution in [0.5, 0.6) is 0 Å². The van der Waals surface area contributed by atoms with Crippen molar-refractivity contribution in [3.8, 4) is 0 Å². The number of hydrogen-bond acceptors (Lipinski definition) is 3. The summed E-state index contributed by atoms with van der Waals surface area (Å²) in [5.74, 6) is 1.50. The van der Waals surface area contributed by atoms with Gasteiger partial charge in [-0.1, -0.05) is 18.2 Å². The largest absolute Gasteiger partial charge is 0.399 e. The summed E-state index contributed by atoms with van der Waals surface area (Å²) in [6, 6.07) is 17.4. The predicted octanol–water partition coefficient (Wildman–Crippen LogP) is 3.17. The zero-order valence-electron chi connectivity index (χ0n) is 9.91. The van der Waals surface area contributed by atoms with Gasteiger partial charge in [0.05, 0.1) is 10.8 Å². The quantitative estimate of drug-likeness (QED) is 0.674. The van der Waals surface area contributed by atoms with Crippen LogP contribution in [-0.2, 0) is 10.8 Å². The van der Waals surface area contributed by atoms with Gasteiger partial charge < -0.3 is 5.73 Å². The molecular formula is C14H15NOS2. The van der Waals surface area contributed by atoms with E-state index < -0.39 is 10.8 Å². The molecule has 0 saturated heterocycles. The van der Waals surface area contributed by atoms with Crippen molar-refractivity contribution < 1.29 is 4.21 Å². The number of rotatable bonds is 5. The zero-order chi connectivity index (χ0) is 12.8. The van der Waals surface area contributed by atoms with E-state index in [1.54, 1.807) is 23.9 Å². The third kappa shape index (κ3) is 3.89. The molecule has 94 valence electrons. The minimum atomic E-state index is -0.942. The smallest absolute Gasteiger partial charge is 0.0537 e. The Morgan fingerprint density at radius 1 is 1.00 bits per heavy atom. The molecule has 0 fully saturated rings. The summed E-state index contributed by atoms with van der Waals surface area (Å²) >= 11 is 1.73. The standard InChI is InChI=1S/C14H15NOS2/c15-12-6-8-14(9-7-12)18(16)11-10-17-13-4-2-1-3-5-13/h1-9H,10-11,15H2. The van der Waals surface area contributed by atoms with Crippen LogP contribution < -0.4 is 5.73 Å². The highest BCUT2D eigenvalue weighted by Gasteiger charge is 2.03. The Morgan fingerprint density at radius 2 is 1.67 bits per heavy atom. The molecule has 0 bridgehead atoms. The molecular weight excluding hydrogens is 262 g/mol. The van der Waals surface area contributed by atoms with Crippen molar-refractivity contribution in [1.29, 1.82) is 0 Å². The number of anilines is 1. The number of benzene rings is 2. The van der Waals surface area contributed by atoms with Crippen LogP contribution in [0.2, 0.25) is 0 Å². The third-order valence-corrected chi connectivity index (χ3v) is 5.07. The Balaban J connectivity index is 1.84. The average molecular weight is 277 g/mol. The lowest BCUT2D eigenvalue weighted by atomic mass is 10.3. The lowest BCUT2D eigenvalue weighted by Crippen LogP contribution is -2.00. The lowest BCUT2D eigenvalue weighted by Gasteiger charge is -2.03. The third-order valence-electron chi connectivity index (χ3n) is 2.42. The maximum Gasteiger partial charge on any atom is 0.0537 e. The first-order chi connectivity index (χ1) is 8.75. The maximum atomic E-state index is 12.0. The van der Waals surface area contributed by atoms with Crippen molar-refractivity contribution in [1.82, 2.24) is 0 Å². The number of thioether (sulfide) groups is 1. The topological polar surface area (TPSA) is 43.1 Å². The molecule has 0 aromatic heterocycles. The van der Waals surface area contributed by atoms with Gasteiger partial charge in [-0.2, -0.15) is 0 Å². The van der Waals surface area contributed by atoms with Crippen molar-refractivity contribution in [2.24, 2.45) is 0 Å². The summed E-state index contributed by atoms with van der Waals surface area (Å²) < 4.78 is 12.0. The first kappa shape index (κ1) is 13.2. The highest BCUT2D eigenvalue weighted by atomic mass is 32.2. The van der Waals surface area contributed by atoms with Gasteiger partial charge in [0, 0.05) is 27.0 Å². The van der Waals surface area contributed by atoms with Crippen molar-refractivity contribution in [2.45, 2.75) is 9.79 Å². The van der Waals surface area contributed by atoms with Gasteiger partial charge in [0.1, 0.15) is 0 Å². The monoisotopic (exact) mass is 277 g/mol. The highest BCUT2D eigenvalue weighted by molar-refractivity contribution is 8.00. The highest BCUT2D eigenvalue weighted by Crippen LogP contribution is 2.18. The summed E-state index contributed by atoms with van der Waals surface area (Å²) in [6.45, 7) is 0. The average Bonchev–Trinajstić information content (AvgIpc) is 2.40. The molecule has 0 aliphatic heterocycles. The molecule has 18 heavy (non-hydrogen) atoms. The van der Waals surface area contributed by atoms with Crippen LogP contribution in [0.25, 0.3) is 0 Å². The molecule has 2 aromatic rings. The van der Waals surface area contributed by atoms with Crippen molar-refractivity contribution in [3.05, 3.63) is 54.6 Å². The Morgan fingerprint density at radius 3 is 2.33 bits per heavy atom. The molecule has 0 radical (unpaired) electrons. The molecule has 0 heterocycles. The van der Waals surface area contributed by atoms with E-state index in [1.807, 2.05) is 30.3 Å². The summed E-state index contributed by atoms with van der Waals surface area (Å²) in [6.07, 6.45) is 0. The van der Waals surface area contributed by atoms with E-state index >= 15 is 0 Å². The first-order valence-electron chi connectivity index (χ1n) is 5.67. The van der Waals surface area contributed by atoms with Gasteiger partial charge >= 0.3 is 0 Å². The molecule has 2 rings (SSSR count). The molecule has 4 heteroatoms. The fourth-order valence-corrected chi connectivity index (χ4v) is 3.69. The molecule has 2 aromatic carbocycles. The zero-order valence-corrected chi connectivity index (χ0v) is 11.5. The van der Waals surface area contributed by atoms with E-state index in [0.29, 0.717) is 11.4 Å². The second-order valence-corrected chi connectivity index (χ2v) is 6.52. The number of nitrogen functional groups attached to an aromatic ring is 1. The molecule has 2 nitrogen and oxygen atoms in total. The van der Waals surface area contributed by atoms with E-state index in [0.717, 1.165) is 10.6 Å². The van der Waals surface area contributed by atoms with Gasteiger partial charge in [-0.3, -0.25) is 4.21 Å². The van der Waals surface area contributed by atoms with E-state index in [2.05, 4.69) is 12.1 Å². The summed E-state index contributed by atoms with van der Waals surface area (Å²) in [7, 11) is -0.942. The van der Waals surface area contributed by atoms with Crippen molar-refractivity contribution in [2.75, 3.05) is 17.2 Å². The van der Waals surface area contributed by atoms with E-state index in [-0.39, 0.29) is 0 Å². The van der Waals surface area contributed by atoms with E-state index in [4.69, 9.17) is 5.73 Å². The SMILES string of the molecule is Nc1ccc(S(=O)CCSc2ccccc2)cc1. The van der Waals surface area contributed by atoms with Gasteiger partial charge in [0.2, 0.25) is 0 Å². The van der Waals surface area contributed by atoms with Gasteiger partial charge in [-0.15, -0.1) is 11.8 Å². The summed E-state index contributed by atoms with van der Waals surface area (Å²) in [5, 5.41) is 0. The predicted molar refractivity (Wildman–Crippen MR) is 79.3 cm³/mol. The molecule has 2 N–H and O–H groups in total. The summed E-state index contributed by atoms with van der Waals surface area (Å²) in [4.78, 5) is 2.06. The Kier molecular flexibility index (Phi) is 4.84. The molecule has 0 amide bonds. The fraction of sp³-hybridized carbons (Fsp3) is 0.143. The minimum Gasteiger partial charge on any atom is -0.399 e. The lowest BCUT2D eigenvalue weighted by molar-refractivity contribution is 0.684. The summed E-state index contributed by atoms with van der Waals surface area (Å²) in [5.41, 5.74) is 6.30. The maximum absolute atomic E-state index is 12.0. The van der Waals surface area contributed by atoms with E-state index in [9.17, 15) is 4.21 Å². The molecule has 0 aliphatic carbocycles. The molecule has 1 atom stereocenters. The van der Waals surface area contributed by atoms with Crippen LogP contribution >= 0.6 is 11.8 Å². The van der Waals surface area contributed by atoms with Crippen LogP contribution in [0.1, 0.15) is 0 Å². The van der Waals surface area contributed by atoms with E-state index in [1.165, 1.54) is 4.90 Å². The van der Waals surface area contributed by atoms with Gasteiger partial charge in [0.15, 0.2) is 0 Å². The Bertz CT molecular complexity index is 511. The van der Waals surface area contributed by atoms with Gasteiger partial charge in [-0.25, -0.2) is 0 Å². The number of hydrogen-bond donors (Lipinski definition) is 1. The fourth-order valence-electron chi connectivity index (χ4n) is 1.49. The van der Waals surface area contributed by atoms with Crippen molar-refractivity contribution >= 4 is 28.2 Å². The number of nitrogens with two attached hydrogens (primary N) is 1. The van der Waals surface area contributed by atoms with Crippen LogP contribution in [0.4, 0.5) is 5.69 Å². The Hall–Kier alpha value is -1.26. The molecule has 1 unspecified atom stereocenters. The second-order valence-electron chi connectivity index (χ2n) is 3.78. The van der Waals surface area contributed by atoms with Gasteiger partial charge in [0.25, 0.3) is 0 Å². The van der Waals surface area contributed by atoms with Crippen LogP contribution in [-0.4, -0.2) is 15.7 Å². The molecule has 0 aliphatic rings. The Labute approximate surface area is 114 Å². The van der Waals surface area contributed by atoms with Crippen molar-refractivity contribution in [3.63, 3.8) is 0 Å². The van der Waals surface area contributed by atoms with Crippen LogP contribution in [0.15, 0.2) is 64.4 Å². The molecule has 0 saturated carbocycles. The van der Waals surface area contributed by atoms with Crippen LogP contribution in [0.3, 0.4) is 0 Å².